The number of amides is 2. The number of hydrogen-bond acceptors (Lipinski definition) is 5. The molecule has 0 spiro atoms. The predicted octanol–water partition coefficient (Wildman–Crippen LogP) is 3.63. The third-order valence-corrected chi connectivity index (χ3v) is 6.92. The number of aromatic nitrogens is 1. The Labute approximate surface area is 207 Å². The van der Waals surface area contributed by atoms with E-state index in [0.717, 1.165) is 55.7 Å². The molecule has 1 saturated heterocycles. The number of nitrogens with zero attached hydrogens (tertiary/aromatic N) is 2. The standard InChI is InChI=1S/C28H36N4O3/c1-20(33)17-23(21-7-3-2-4-8-21)18-26(34)30-25-14-16-32(19-25)27(35)11-5-10-24-13-12-22-9-6-15-29-28(22)31-24/h2-4,7-8,12-13,23,25H,5-6,9-11,14-19H2,1H3,(H,29,31)(H,30,34)/t23-,25-/m1/s1. The Hall–Kier alpha value is -3.22. The van der Waals surface area contributed by atoms with E-state index < -0.39 is 0 Å². The summed E-state index contributed by atoms with van der Waals surface area (Å²) in [6, 6.07) is 13.9. The van der Waals surface area contributed by atoms with E-state index in [0.29, 0.717) is 25.9 Å². The quantitative estimate of drug-likeness (QED) is 0.546. The van der Waals surface area contributed by atoms with E-state index in [2.05, 4.69) is 22.8 Å². The molecule has 3 heterocycles. The molecule has 186 valence electrons. The lowest BCUT2D eigenvalue weighted by Gasteiger charge is -2.19. The highest BCUT2D eigenvalue weighted by Gasteiger charge is 2.28. The second-order valence-corrected chi connectivity index (χ2v) is 9.80. The summed E-state index contributed by atoms with van der Waals surface area (Å²) in [4.78, 5) is 43.8. The van der Waals surface area contributed by atoms with Crippen LogP contribution in [-0.2, 0) is 27.2 Å². The summed E-state index contributed by atoms with van der Waals surface area (Å²) in [5.74, 6) is 1.02. The lowest BCUT2D eigenvalue weighted by atomic mass is 9.90. The van der Waals surface area contributed by atoms with Gasteiger partial charge in [0.1, 0.15) is 11.6 Å². The number of nitrogens with one attached hydrogen (secondary N) is 2. The smallest absolute Gasteiger partial charge is 0.222 e. The Balaban J connectivity index is 1.20. The van der Waals surface area contributed by atoms with Gasteiger partial charge in [0.2, 0.25) is 11.8 Å². The summed E-state index contributed by atoms with van der Waals surface area (Å²) < 4.78 is 0. The van der Waals surface area contributed by atoms with Gasteiger partial charge in [0.05, 0.1) is 0 Å². The van der Waals surface area contributed by atoms with Crippen molar-refractivity contribution in [1.82, 2.24) is 15.2 Å². The zero-order valence-corrected chi connectivity index (χ0v) is 20.6. The molecule has 1 aromatic heterocycles. The first kappa shape index (κ1) is 24.9. The van der Waals surface area contributed by atoms with Crippen molar-refractivity contribution in [1.29, 1.82) is 0 Å². The SMILES string of the molecule is CC(=O)C[C@H](CC(=O)N[C@@H]1CCN(C(=O)CCCc2ccc3c(n2)NCCC3)C1)c1ccccc1. The average Bonchev–Trinajstić information content (AvgIpc) is 3.32. The minimum Gasteiger partial charge on any atom is -0.370 e. The maximum atomic E-state index is 12.7. The summed E-state index contributed by atoms with van der Waals surface area (Å²) in [5.41, 5.74) is 3.30. The molecule has 2 aliphatic rings. The van der Waals surface area contributed by atoms with Gasteiger partial charge >= 0.3 is 0 Å². The third kappa shape index (κ3) is 7.13. The Bertz CT molecular complexity index is 1040. The minimum atomic E-state index is -0.125. The van der Waals surface area contributed by atoms with E-state index in [1.807, 2.05) is 35.2 Å². The Morgan fingerprint density at radius 1 is 1.14 bits per heavy atom. The van der Waals surface area contributed by atoms with Gasteiger partial charge in [-0.1, -0.05) is 36.4 Å². The van der Waals surface area contributed by atoms with E-state index in [-0.39, 0.29) is 36.0 Å². The molecule has 1 fully saturated rings. The Kier molecular flexibility index (Phi) is 8.50. The van der Waals surface area contributed by atoms with Crippen molar-refractivity contribution in [2.24, 2.45) is 0 Å². The molecular weight excluding hydrogens is 440 g/mol. The summed E-state index contributed by atoms with van der Waals surface area (Å²) in [6.07, 6.45) is 5.64. The van der Waals surface area contributed by atoms with Crippen molar-refractivity contribution >= 4 is 23.4 Å². The van der Waals surface area contributed by atoms with Crippen LogP contribution >= 0.6 is 0 Å². The molecular formula is C28H36N4O3. The molecule has 2 amide bonds. The van der Waals surface area contributed by atoms with Crippen LogP contribution in [0.2, 0.25) is 0 Å². The highest BCUT2D eigenvalue weighted by atomic mass is 16.2. The van der Waals surface area contributed by atoms with Gasteiger partial charge in [0.25, 0.3) is 0 Å². The van der Waals surface area contributed by atoms with Gasteiger partial charge in [-0.15, -0.1) is 0 Å². The van der Waals surface area contributed by atoms with Gasteiger partial charge in [-0.2, -0.15) is 0 Å². The van der Waals surface area contributed by atoms with E-state index in [4.69, 9.17) is 4.98 Å². The summed E-state index contributed by atoms with van der Waals surface area (Å²) in [5, 5.41) is 6.45. The highest BCUT2D eigenvalue weighted by molar-refractivity contribution is 5.81. The molecule has 2 atom stereocenters. The van der Waals surface area contributed by atoms with E-state index in [9.17, 15) is 14.4 Å². The van der Waals surface area contributed by atoms with Gasteiger partial charge in [-0.3, -0.25) is 9.59 Å². The molecule has 0 aliphatic carbocycles. The van der Waals surface area contributed by atoms with Gasteiger partial charge < -0.3 is 20.3 Å². The number of benzene rings is 1. The molecule has 2 aromatic rings. The van der Waals surface area contributed by atoms with E-state index in [1.54, 1.807) is 6.92 Å². The van der Waals surface area contributed by atoms with Crippen LogP contribution in [0.25, 0.3) is 0 Å². The zero-order chi connectivity index (χ0) is 24.6. The summed E-state index contributed by atoms with van der Waals surface area (Å²) in [6.45, 7) is 3.75. The van der Waals surface area contributed by atoms with E-state index in [1.165, 1.54) is 5.56 Å². The number of hydrogen-bond donors (Lipinski definition) is 2. The molecule has 2 N–H and O–H groups in total. The summed E-state index contributed by atoms with van der Waals surface area (Å²) in [7, 11) is 0. The number of fused-ring (bicyclic) bond motifs is 1. The lowest BCUT2D eigenvalue weighted by molar-refractivity contribution is -0.130. The molecule has 2 aliphatic heterocycles. The van der Waals surface area contributed by atoms with Crippen molar-refractivity contribution in [2.75, 3.05) is 25.0 Å². The second-order valence-electron chi connectivity index (χ2n) is 9.80. The van der Waals surface area contributed by atoms with Gasteiger partial charge in [0, 0.05) is 50.6 Å². The monoisotopic (exact) mass is 476 g/mol. The van der Waals surface area contributed by atoms with Crippen LogP contribution in [0.15, 0.2) is 42.5 Å². The zero-order valence-electron chi connectivity index (χ0n) is 20.6. The first-order chi connectivity index (χ1) is 17.0. The number of Topliss-reactive ketones (excluding diaryl/α,β-unsaturated/α-hetero) is 1. The van der Waals surface area contributed by atoms with Crippen molar-refractivity contribution in [3.05, 3.63) is 59.3 Å². The molecule has 7 nitrogen and oxygen atoms in total. The van der Waals surface area contributed by atoms with Crippen LogP contribution in [-0.4, -0.2) is 53.2 Å². The molecule has 4 rings (SSSR count). The van der Waals surface area contributed by atoms with Gasteiger partial charge in [-0.25, -0.2) is 4.98 Å². The summed E-state index contributed by atoms with van der Waals surface area (Å²) >= 11 is 0. The number of carbonyl (C=O) groups excluding carboxylic acids is 3. The number of anilines is 1. The Morgan fingerprint density at radius 3 is 2.77 bits per heavy atom. The minimum absolute atomic E-state index is 0.0337. The Morgan fingerprint density at radius 2 is 1.97 bits per heavy atom. The fourth-order valence-electron chi connectivity index (χ4n) is 5.08. The fraction of sp³-hybridized carbons (Fsp3) is 0.500. The predicted molar refractivity (Wildman–Crippen MR) is 136 cm³/mol. The number of carbonyl (C=O) groups is 3. The molecule has 0 bridgehead atoms. The number of rotatable bonds is 10. The van der Waals surface area contributed by atoms with E-state index >= 15 is 0 Å². The van der Waals surface area contributed by atoms with Crippen LogP contribution in [0, 0.1) is 0 Å². The maximum Gasteiger partial charge on any atom is 0.222 e. The van der Waals surface area contributed by atoms with Crippen LogP contribution in [0.5, 0.6) is 0 Å². The number of ketones is 1. The van der Waals surface area contributed by atoms with Crippen molar-refractivity contribution in [2.45, 2.75) is 70.3 Å². The second kappa shape index (κ2) is 12.0. The first-order valence-electron chi connectivity index (χ1n) is 12.8. The highest BCUT2D eigenvalue weighted by Crippen LogP contribution is 2.24. The molecule has 35 heavy (non-hydrogen) atoms. The van der Waals surface area contributed by atoms with Gasteiger partial charge in [-0.05, 0) is 62.1 Å². The van der Waals surface area contributed by atoms with Crippen molar-refractivity contribution in [3.63, 3.8) is 0 Å². The van der Waals surface area contributed by atoms with Crippen molar-refractivity contribution in [3.8, 4) is 0 Å². The first-order valence-corrected chi connectivity index (χ1v) is 12.8. The third-order valence-electron chi connectivity index (χ3n) is 6.92. The van der Waals surface area contributed by atoms with Gasteiger partial charge in [0.15, 0.2) is 0 Å². The van der Waals surface area contributed by atoms with Crippen LogP contribution in [0.1, 0.15) is 68.2 Å². The number of likely N-dealkylation sites (tertiary alicyclic amines) is 1. The molecule has 0 saturated carbocycles. The normalized spacial score (nSPS) is 17.9. The molecule has 7 heteroatoms. The van der Waals surface area contributed by atoms with Crippen LogP contribution in [0.4, 0.5) is 5.82 Å². The molecule has 1 aromatic carbocycles. The van der Waals surface area contributed by atoms with Crippen LogP contribution < -0.4 is 10.6 Å². The van der Waals surface area contributed by atoms with Crippen molar-refractivity contribution < 1.29 is 14.4 Å². The number of pyridine rings is 1. The lowest BCUT2D eigenvalue weighted by Crippen LogP contribution is -2.39. The van der Waals surface area contributed by atoms with Crippen LogP contribution in [0.3, 0.4) is 0 Å². The largest absolute Gasteiger partial charge is 0.370 e. The molecule has 0 radical (unpaired) electrons. The molecule has 0 unspecified atom stereocenters. The topological polar surface area (TPSA) is 91.4 Å². The maximum absolute atomic E-state index is 12.7. The fourth-order valence-corrected chi connectivity index (χ4v) is 5.08. The average molecular weight is 477 g/mol. The number of aryl methyl sites for hydroxylation is 2.